The predicted octanol–water partition coefficient (Wildman–Crippen LogP) is 1.11. The third kappa shape index (κ3) is 3.12. The zero-order chi connectivity index (χ0) is 18.1. The molecule has 134 valence electrons. The van der Waals surface area contributed by atoms with Crippen molar-refractivity contribution in [3.63, 3.8) is 0 Å². The van der Waals surface area contributed by atoms with E-state index >= 15 is 0 Å². The molecule has 2 aliphatic rings. The molecule has 2 atom stereocenters. The fourth-order valence-corrected chi connectivity index (χ4v) is 3.47. The summed E-state index contributed by atoms with van der Waals surface area (Å²) in [6, 6.07) is 9.45. The average molecular weight is 352 g/mol. The number of rotatable bonds is 4. The first kappa shape index (κ1) is 16.5. The molecule has 2 fully saturated rings. The normalized spacial score (nSPS) is 22.2. The number of benzene rings is 1. The van der Waals surface area contributed by atoms with Gasteiger partial charge in [0.1, 0.15) is 0 Å². The highest BCUT2D eigenvalue weighted by Gasteiger charge is 2.49. The number of carbonyl (C=O) groups is 3. The lowest BCUT2D eigenvalue weighted by molar-refractivity contribution is -0.137. The molecule has 1 aliphatic carbocycles. The lowest BCUT2D eigenvalue weighted by Crippen LogP contribution is -2.48. The highest BCUT2D eigenvalue weighted by Crippen LogP contribution is 2.41. The molecule has 2 heterocycles. The zero-order valence-corrected chi connectivity index (χ0v) is 14.3. The molecule has 3 amide bonds. The van der Waals surface area contributed by atoms with Gasteiger partial charge in [-0.15, -0.1) is 0 Å². The van der Waals surface area contributed by atoms with E-state index in [0.717, 1.165) is 17.3 Å². The second-order valence-corrected chi connectivity index (χ2v) is 6.79. The predicted molar refractivity (Wildman–Crippen MR) is 96.2 cm³/mol. The van der Waals surface area contributed by atoms with Gasteiger partial charge in [-0.2, -0.15) is 0 Å². The summed E-state index contributed by atoms with van der Waals surface area (Å²) in [7, 11) is 0. The van der Waals surface area contributed by atoms with Gasteiger partial charge in [-0.3, -0.25) is 19.4 Å². The van der Waals surface area contributed by atoms with Gasteiger partial charge < -0.3 is 15.1 Å². The van der Waals surface area contributed by atoms with E-state index in [9.17, 15) is 14.4 Å². The summed E-state index contributed by atoms with van der Waals surface area (Å²) >= 11 is 0. The first-order valence-electron chi connectivity index (χ1n) is 8.80. The summed E-state index contributed by atoms with van der Waals surface area (Å²) < 4.78 is 0. The number of nitrogens with one attached hydrogen (secondary N) is 1. The van der Waals surface area contributed by atoms with Crippen LogP contribution in [0.4, 0.5) is 5.69 Å². The number of anilines is 1. The monoisotopic (exact) mass is 352 g/mol. The van der Waals surface area contributed by atoms with E-state index in [-0.39, 0.29) is 23.7 Å². The minimum absolute atomic E-state index is 0.0201. The van der Waals surface area contributed by atoms with Gasteiger partial charge in [-0.1, -0.05) is 18.2 Å². The van der Waals surface area contributed by atoms with Gasteiger partial charge in [0.05, 0.1) is 23.0 Å². The van der Waals surface area contributed by atoms with Crippen molar-refractivity contribution in [2.45, 2.75) is 6.42 Å². The van der Waals surface area contributed by atoms with E-state index in [1.54, 1.807) is 16.0 Å². The van der Waals surface area contributed by atoms with E-state index in [1.807, 2.05) is 30.3 Å². The van der Waals surface area contributed by atoms with Crippen LogP contribution in [-0.2, 0) is 14.4 Å². The Bertz CT molecular complexity index is 855. The molecular formula is C19H20N4O3. The summed E-state index contributed by atoms with van der Waals surface area (Å²) in [5.74, 6) is -0.647. The van der Waals surface area contributed by atoms with Gasteiger partial charge in [-0.25, -0.2) is 0 Å². The summed E-state index contributed by atoms with van der Waals surface area (Å²) in [5, 5.41) is 3.88. The maximum atomic E-state index is 12.6. The van der Waals surface area contributed by atoms with Crippen LogP contribution in [0.3, 0.4) is 0 Å². The van der Waals surface area contributed by atoms with Gasteiger partial charge in [0, 0.05) is 37.8 Å². The first-order valence-corrected chi connectivity index (χ1v) is 8.80. The molecule has 1 saturated heterocycles. The fraction of sp³-hybridized carbons (Fsp3) is 0.368. The van der Waals surface area contributed by atoms with Gasteiger partial charge in [-0.05, 0) is 18.6 Å². The van der Waals surface area contributed by atoms with Gasteiger partial charge in [0.15, 0.2) is 0 Å². The van der Waals surface area contributed by atoms with Crippen LogP contribution in [0.2, 0.25) is 0 Å². The summed E-state index contributed by atoms with van der Waals surface area (Å²) in [4.78, 5) is 43.6. The van der Waals surface area contributed by atoms with Crippen molar-refractivity contribution in [1.82, 2.24) is 14.8 Å². The molecular weight excluding hydrogens is 332 g/mol. The second-order valence-electron chi connectivity index (χ2n) is 6.79. The van der Waals surface area contributed by atoms with Crippen LogP contribution in [0, 0.1) is 11.8 Å². The topological polar surface area (TPSA) is 82.6 Å². The van der Waals surface area contributed by atoms with Crippen LogP contribution in [0.15, 0.2) is 36.5 Å². The Kier molecular flexibility index (Phi) is 4.28. The van der Waals surface area contributed by atoms with Crippen molar-refractivity contribution >= 4 is 34.8 Å². The molecule has 0 radical (unpaired) electrons. The molecule has 26 heavy (non-hydrogen) atoms. The highest BCUT2D eigenvalue weighted by atomic mass is 16.2. The molecule has 0 spiro atoms. The van der Waals surface area contributed by atoms with Crippen molar-refractivity contribution in [3.8, 4) is 0 Å². The third-order valence-electron chi connectivity index (χ3n) is 5.11. The van der Waals surface area contributed by atoms with Gasteiger partial charge >= 0.3 is 0 Å². The highest BCUT2D eigenvalue weighted by molar-refractivity contribution is 6.04. The molecule has 2 unspecified atom stereocenters. The number of hydrogen-bond donors (Lipinski definition) is 1. The minimum Gasteiger partial charge on any atom is -0.342 e. The number of piperazine rings is 1. The maximum Gasteiger partial charge on any atom is 0.228 e. The number of para-hydroxylation sites is 1. The number of pyridine rings is 1. The van der Waals surface area contributed by atoms with E-state index in [1.165, 1.54) is 0 Å². The summed E-state index contributed by atoms with van der Waals surface area (Å²) in [6.45, 7) is 2.19. The Morgan fingerprint density at radius 3 is 2.62 bits per heavy atom. The van der Waals surface area contributed by atoms with Crippen molar-refractivity contribution < 1.29 is 14.4 Å². The average Bonchev–Trinajstić information content (AvgIpc) is 3.49. The van der Waals surface area contributed by atoms with E-state index < -0.39 is 0 Å². The third-order valence-corrected chi connectivity index (χ3v) is 5.11. The first-order chi connectivity index (χ1) is 12.7. The number of fused-ring (bicyclic) bond motifs is 1. The Morgan fingerprint density at radius 2 is 1.85 bits per heavy atom. The number of amides is 3. The number of carbonyl (C=O) groups excluding carboxylic acids is 3. The summed E-state index contributed by atoms with van der Waals surface area (Å²) in [5.41, 5.74) is 1.42. The lowest BCUT2D eigenvalue weighted by atomic mass is 10.2. The van der Waals surface area contributed by atoms with Crippen LogP contribution < -0.4 is 5.32 Å². The van der Waals surface area contributed by atoms with Gasteiger partial charge in [0.25, 0.3) is 0 Å². The largest absolute Gasteiger partial charge is 0.342 e. The van der Waals surface area contributed by atoms with Crippen molar-refractivity contribution in [1.29, 1.82) is 0 Å². The molecule has 7 nitrogen and oxygen atoms in total. The number of aromatic nitrogens is 1. The fourth-order valence-electron chi connectivity index (χ4n) is 3.47. The summed E-state index contributed by atoms with van der Waals surface area (Å²) in [6.07, 6.45) is 3.09. The Balaban J connectivity index is 1.38. The Labute approximate surface area is 151 Å². The number of hydrogen-bond acceptors (Lipinski definition) is 4. The molecule has 1 aromatic carbocycles. The van der Waals surface area contributed by atoms with Crippen molar-refractivity contribution in [2.75, 3.05) is 31.5 Å². The van der Waals surface area contributed by atoms with Crippen LogP contribution in [0.25, 0.3) is 10.9 Å². The molecule has 1 saturated carbocycles. The second kappa shape index (κ2) is 6.74. The molecule has 2 aromatic rings. The van der Waals surface area contributed by atoms with Crippen LogP contribution in [0.1, 0.15) is 6.42 Å². The standard InChI is InChI=1S/C19H20N4O3/c24-12-22-7-9-23(10-8-22)19(26)15-11-14(15)18(25)21-16-5-1-3-13-4-2-6-20-17(13)16/h1-6,12,14-15H,7-11H2,(H,21,25). The van der Waals surface area contributed by atoms with E-state index in [2.05, 4.69) is 10.3 Å². The smallest absolute Gasteiger partial charge is 0.228 e. The Hall–Kier alpha value is -2.96. The molecule has 1 N–H and O–H groups in total. The van der Waals surface area contributed by atoms with Crippen molar-refractivity contribution in [3.05, 3.63) is 36.5 Å². The molecule has 7 heteroatoms. The van der Waals surface area contributed by atoms with Crippen LogP contribution in [-0.4, -0.2) is 59.2 Å². The van der Waals surface area contributed by atoms with E-state index in [4.69, 9.17) is 0 Å². The Morgan fingerprint density at radius 1 is 1.08 bits per heavy atom. The molecule has 4 rings (SSSR count). The lowest BCUT2D eigenvalue weighted by Gasteiger charge is -2.32. The SMILES string of the molecule is O=CN1CCN(C(=O)C2CC2C(=O)Nc2cccc3cccnc23)CC1. The zero-order valence-electron chi connectivity index (χ0n) is 14.3. The maximum absolute atomic E-state index is 12.6. The molecule has 1 aliphatic heterocycles. The molecule has 0 bridgehead atoms. The molecule has 1 aromatic heterocycles. The van der Waals surface area contributed by atoms with Gasteiger partial charge in [0.2, 0.25) is 18.2 Å². The van der Waals surface area contributed by atoms with Crippen molar-refractivity contribution in [2.24, 2.45) is 11.8 Å². The van der Waals surface area contributed by atoms with Crippen LogP contribution >= 0.6 is 0 Å². The minimum atomic E-state index is -0.287. The van der Waals surface area contributed by atoms with Crippen LogP contribution in [0.5, 0.6) is 0 Å². The van der Waals surface area contributed by atoms with E-state index in [0.29, 0.717) is 38.3 Å². The quantitative estimate of drug-likeness (QED) is 0.836. The number of nitrogens with zero attached hydrogens (tertiary/aromatic N) is 3.